The van der Waals surface area contributed by atoms with Crippen molar-refractivity contribution < 1.29 is 27.1 Å². The first-order valence-corrected chi connectivity index (χ1v) is 11.5. The third kappa shape index (κ3) is 4.52. The molecule has 2 heterocycles. The monoisotopic (exact) mass is 444 g/mol. The van der Waals surface area contributed by atoms with Crippen LogP contribution < -0.4 is 14.8 Å². The number of hydrogen-bond acceptors (Lipinski definition) is 6. The van der Waals surface area contributed by atoms with Crippen LogP contribution in [0.4, 0.5) is 0 Å². The van der Waals surface area contributed by atoms with E-state index in [1.165, 1.54) is 4.31 Å². The second-order valence-electron chi connectivity index (χ2n) is 7.18. The molecule has 164 valence electrons. The van der Waals surface area contributed by atoms with E-state index in [-0.39, 0.29) is 29.7 Å². The summed E-state index contributed by atoms with van der Waals surface area (Å²) in [5.41, 5.74) is 0.523. The average Bonchev–Trinajstić information content (AvgIpc) is 3.47. The van der Waals surface area contributed by atoms with Crippen LogP contribution in [0.25, 0.3) is 11.0 Å². The molecule has 0 saturated carbocycles. The molecular weight excluding hydrogens is 420 g/mol. The maximum absolute atomic E-state index is 12.5. The first-order valence-electron chi connectivity index (χ1n) is 10.1. The van der Waals surface area contributed by atoms with Crippen LogP contribution in [-0.2, 0) is 10.0 Å². The third-order valence-electron chi connectivity index (χ3n) is 5.13. The number of benzene rings is 2. The van der Waals surface area contributed by atoms with Gasteiger partial charge in [-0.15, -0.1) is 0 Å². The number of fused-ring (bicyclic) bond motifs is 1. The smallest absolute Gasteiger partial charge is 0.287 e. The Morgan fingerprint density at radius 1 is 1.13 bits per heavy atom. The molecule has 1 aliphatic heterocycles. The van der Waals surface area contributed by atoms with Crippen LogP contribution in [0.1, 0.15) is 23.4 Å². The van der Waals surface area contributed by atoms with E-state index < -0.39 is 10.0 Å². The molecule has 1 fully saturated rings. The van der Waals surface area contributed by atoms with Gasteiger partial charge in [0.25, 0.3) is 5.91 Å². The molecule has 1 N–H and O–H groups in total. The number of methoxy groups -OCH3 is 1. The van der Waals surface area contributed by atoms with Crippen molar-refractivity contribution >= 4 is 26.9 Å². The molecule has 1 saturated heterocycles. The van der Waals surface area contributed by atoms with Crippen molar-refractivity contribution in [1.82, 2.24) is 9.62 Å². The van der Waals surface area contributed by atoms with Gasteiger partial charge in [-0.3, -0.25) is 4.79 Å². The highest BCUT2D eigenvalue weighted by atomic mass is 32.2. The summed E-state index contributed by atoms with van der Waals surface area (Å²) < 4.78 is 43.1. The molecule has 31 heavy (non-hydrogen) atoms. The van der Waals surface area contributed by atoms with E-state index in [1.54, 1.807) is 43.5 Å². The first-order chi connectivity index (χ1) is 15.0. The summed E-state index contributed by atoms with van der Waals surface area (Å²) >= 11 is 0. The molecule has 1 amide bonds. The van der Waals surface area contributed by atoms with Crippen LogP contribution in [0, 0.1) is 0 Å². The Morgan fingerprint density at radius 3 is 2.58 bits per heavy atom. The molecule has 3 aromatic rings. The summed E-state index contributed by atoms with van der Waals surface area (Å²) in [6, 6.07) is 13.4. The van der Waals surface area contributed by atoms with Crippen LogP contribution >= 0.6 is 0 Å². The minimum absolute atomic E-state index is 0.191. The number of carbonyl (C=O) groups is 1. The van der Waals surface area contributed by atoms with Crippen molar-refractivity contribution in [2.45, 2.75) is 17.7 Å². The zero-order valence-corrected chi connectivity index (χ0v) is 18.0. The van der Waals surface area contributed by atoms with Gasteiger partial charge in [0.05, 0.1) is 18.6 Å². The van der Waals surface area contributed by atoms with Crippen molar-refractivity contribution in [3.63, 3.8) is 0 Å². The lowest BCUT2D eigenvalue weighted by atomic mass is 10.2. The van der Waals surface area contributed by atoms with E-state index in [9.17, 15) is 13.2 Å². The summed E-state index contributed by atoms with van der Waals surface area (Å²) in [6.45, 7) is 1.63. The Labute approximate surface area is 180 Å². The number of para-hydroxylation sites is 1. The fourth-order valence-electron chi connectivity index (χ4n) is 3.51. The topological polar surface area (TPSA) is 98.1 Å². The van der Waals surface area contributed by atoms with E-state index in [0.717, 1.165) is 18.2 Å². The number of sulfonamides is 1. The van der Waals surface area contributed by atoms with Gasteiger partial charge >= 0.3 is 0 Å². The van der Waals surface area contributed by atoms with E-state index in [1.807, 2.05) is 12.1 Å². The molecule has 0 spiro atoms. The largest absolute Gasteiger partial charge is 0.493 e. The molecule has 9 heteroatoms. The van der Waals surface area contributed by atoms with Gasteiger partial charge in [-0.2, -0.15) is 4.31 Å². The van der Waals surface area contributed by atoms with Crippen LogP contribution in [0.3, 0.4) is 0 Å². The Bertz CT molecular complexity index is 1160. The second kappa shape index (κ2) is 8.99. The lowest BCUT2D eigenvalue weighted by molar-refractivity contribution is 0.0921. The Balaban J connectivity index is 1.29. The molecule has 2 aromatic carbocycles. The van der Waals surface area contributed by atoms with E-state index in [4.69, 9.17) is 13.9 Å². The fourth-order valence-corrected chi connectivity index (χ4v) is 5.03. The predicted octanol–water partition coefficient (Wildman–Crippen LogP) is 3.03. The number of hydrogen-bond donors (Lipinski definition) is 1. The number of rotatable bonds is 8. The quantitative estimate of drug-likeness (QED) is 0.537. The van der Waals surface area contributed by atoms with Crippen molar-refractivity contribution in [2.75, 3.05) is 33.4 Å². The molecule has 0 bridgehead atoms. The van der Waals surface area contributed by atoms with Gasteiger partial charge in [-0.1, -0.05) is 12.1 Å². The van der Waals surface area contributed by atoms with Crippen LogP contribution in [-0.4, -0.2) is 52.0 Å². The number of nitrogens with zero attached hydrogens (tertiary/aromatic N) is 1. The van der Waals surface area contributed by atoms with Gasteiger partial charge < -0.3 is 19.2 Å². The zero-order chi connectivity index (χ0) is 21.8. The van der Waals surface area contributed by atoms with Gasteiger partial charge in [0.15, 0.2) is 17.1 Å². The average molecular weight is 445 g/mol. The Morgan fingerprint density at radius 2 is 1.87 bits per heavy atom. The number of amides is 1. The van der Waals surface area contributed by atoms with Gasteiger partial charge in [0, 0.05) is 18.5 Å². The van der Waals surface area contributed by atoms with Crippen molar-refractivity contribution in [3.05, 3.63) is 54.3 Å². The molecule has 8 nitrogen and oxygen atoms in total. The normalized spacial score (nSPS) is 14.6. The summed E-state index contributed by atoms with van der Waals surface area (Å²) in [4.78, 5) is 12.6. The lowest BCUT2D eigenvalue weighted by Crippen LogP contribution is -2.28. The molecule has 0 radical (unpaired) electrons. The summed E-state index contributed by atoms with van der Waals surface area (Å²) in [7, 11) is -1.89. The minimum Gasteiger partial charge on any atom is -0.493 e. The van der Waals surface area contributed by atoms with E-state index >= 15 is 0 Å². The highest BCUT2D eigenvalue weighted by Gasteiger charge is 2.26. The zero-order valence-electron chi connectivity index (χ0n) is 17.2. The van der Waals surface area contributed by atoms with Crippen LogP contribution in [0.15, 0.2) is 57.8 Å². The van der Waals surface area contributed by atoms with Gasteiger partial charge in [-0.05, 0) is 49.2 Å². The Kier molecular flexibility index (Phi) is 6.15. The Hall–Kier alpha value is -3.04. The van der Waals surface area contributed by atoms with Crippen molar-refractivity contribution in [3.8, 4) is 11.5 Å². The second-order valence-corrected chi connectivity index (χ2v) is 9.11. The lowest BCUT2D eigenvalue weighted by Gasteiger charge is -2.15. The minimum atomic E-state index is -3.44. The predicted molar refractivity (Wildman–Crippen MR) is 115 cm³/mol. The molecule has 1 aliphatic rings. The van der Waals surface area contributed by atoms with E-state index in [0.29, 0.717) is 30.2 Å². The molecule has 4 rings (SSSR count). The third-order valence-corrected chi connectivity index (χ3v) is 7.05. The summed E-state index contributed by atoms with van der Waals surface area (Å²) in [6.07, 6.45) is 1.79. The van der Waals surface area contributed by atoms with Crippen LogP contribution in [0.2, 0.25) is 0 Å². The van der Waals surface area contributed by atoms with Gasteiger partial charge in [-0.25, -0.2) is 8.42 Å². The highest BCUT2D eigenvalue weighted by Crippen LogP contribution is 2.28. The number of furan rings is 1. The molecule has 0 aliphatic carbocycles. The van der Waals surface area contributed by atoms with E-state index in [2.05, 4.69) is 5.32 Å². The summed E-state index contributed by atoms with van der Waals surface area (Å²) in [5, 5.41) is 3.52. The number of carbonyl (C=O) groups excluding carboxylic acids is 1. The molecular formula is C22H24N2O6S. The highest BCUT2D eigenvalue weighted by molar-refractivity contribution is 7.89. The molecule has 1 aromatic heterocycles. The van der Waals surface area contributed by atoms with Gasteiger partial charge in [0.2, 0.25) is 10.0 Å². The number of ether oxygens (including phenoxy) is 2. The maximum atomic E-state index is 12.5. The van der Waals surface area contributed by atoms with Crippen LogP contribution in [0.5, 0.6) is 11.5 Å². The SMILES string of the molecule is COc1cccc2cc(C(=O)NCCOc3ccc(S(=O)(=O)N4CCCC4)cc3)oc12. The molecule has 0 unspecified atom stereocenters. The van der Waals surface area contributed by atoms with Gasteiger partial charge in [0.1, 0.15) is 12.4 Å². The standard InChI is InChI=1S/C22H24N2O6S/c1-28-19-6-4-5-16-15-20(30-21(16)19)22(25)23-11-14-29-17-7-9-18(10-8-17)31(26,27)24-12-2-3-13-24/h4-10,15H,2-3,11-14H2,1H3,(H,23,25). The summed E-state index contributed by atoms with van der Waals surface area (Å²) in [5.74, 6) is 0.933. The number of nitrogens with one attached hydrogen (secondary N) is 1. The first kappa shape index (κ1) is 21.2. The van der Waals surface area contributed by atoms with Crippen molar-refractivity contribution in [2.24, 2.45) is 0 Å². The van der Waals surface area contributed by atoms with Crippen molar-refractivity contribution in [1.29, 1.82) is 0 Å². The molecule has 0 atom stereocenters. The fraction of sp³-hybridized carbons (Fsp3) is 0.318. The maximum Gasteiger partial charge on any atom is 0.287 e.